The van der Waals surface area contributed by atoms with Crippen LogP contribution in [0.3, 0.4) is 0 Å². The van der Waals surface area contributed by atoms with Gasteiger partial charge >= 0.3 is 6.09 Å². The van der Waals surface area contributed by atoms with Crippen molar-refractivity contribution in [1.82, 2.24) is 10.3 Å². The van der Waals surface area contributed by atoms with E-state index in [9.17, 15) is 25.1 Å². The number of carbonyl (C=O) groups excluding carboxylic acids is 1. The van der Waals surface area contributed by atoms with Crippen LogP contribution in [0, 0.1) is 10.1 Å². The van der Waals surface area contributed by atoms with Gasteiger partial charge in [0.25, 0.3) is 5.69 Å². The molecule has 2 unspecified atom stereocenters. The second kappa shape index (κ2) is 9.76. The van der Waals surface area contributed by atoms with Gasteiger partial charge in [0.1, 0.15) is 12.7 Å². The molecule has 0 saturated heterocycles. The number of nitrogens with one attached hydrogen (secondary N) is 1. The number of carbonyl (C=O) groups is 1. The smallest absolute Gasteiger partial charge is 0.407 e. The SMILES string of the molecule is O=C(NCCC(O)C(O)c1cc([N+](=O)[O-])ccn1)OCC1c2ccccc2-c2ccccc21. The Morgan fingerprint density at radius 2 is 1.73 bits per heavy atom. The molecule has 4 rings (SSSR count). The molecule has 9 nitrogen and oxygen atoms in total. The van der Waals surface area contributed by atoms with Crippen molar-refractivity contribution < 1.29 is 24.7 Å². The van der Waals surface area contributed by atoms with E-state index < -0.39 is 23.2 Å². The zero-order chi connectivity index (χ0) is 23.4. The number of hydrogen-bond donors (Lipinski definition) is 3. The highest BCUT2D eigenvalue weighted by Crippen LogP contribution is 2.44. The summed E-state index contributed by atoms with van der Waals surface area (Å²) in [5, 5.41) is 33.8. The Bertz CT molecular complexity index is 1120. The highest BCUT2D eigenvalue weighted by atomic mass is 16.6. The molecule has 3 aromatic rings. The number of alkyl carbamates (subject to hydrolysis) is 1. The molecule has 0 saturated carbocycles. The van der Waals surface area contributed by atoms with Crippen molar-refractivity contribution in [2.24, 2.45) is 0 Å². The molecule has 0 fully saturated rings. The zero-order valence-corrected chi connectivity index (χ0v) is 17.6. The van der Waals surface area contributed by atoms with Crippen molar-refractivity contribution in [1.29, 1.82) is 0 Å². The van der Waals surface area contributed by atoms with Crippen LogP contribution < -0.4 is 5.32 Å². The second-order valence-electron chi connectivity index (χ2n) is 7.75. The fraction of sp³-hybridized carbons (Fsp3) is 0.250. The van der Waals surface area contributed by atoms with E-state index in [0.29, 0.717) is 0 Å². The lowest BCUT2D eigenvalue weighted by molar-refractivity contribution is -0.385. The molecule has 3 N–H and O–H groups in total. The lowest BCUT2D eigenvalue weighted by atomic mass is 9.98. The van der Waals surface area contributed by atoms with Crippen molar-refractivity contribution in [2.45, 2.75) is 24.5 Å². The van der Waals surface area contributed by atoms with Crippen LogP contribution in [-0.4, -0.2) is 45.5 Å². The van der Waals surface area contributed by atoms with Gasteiger partial charge < -0.3 is 20.3 Å². The standard InChI is InChI=1S/C24H23N3O6/c28-22(23(29)21-13-15(27(31)32)9-11-25-21)10-12-26-24(30)33-14-20-18-7-3-1-5-16(18)17-6-2-4-8-19(17)20/h1-9,11,13,20,22-23,28-29H,10,12,14H2,(H,26,30). The number of nitro groups is 1. The van der Waals surface area contributed by atoms with Crippen molar-refractivity contribution >= 4 is 11.8 Å². The third-order valence-corrected chi connectivity index (χ3v) is 5.70. The predicted molar refractivity (Wildman–Crippen MR) is 120 cm³/mol. The number of ether oxygens (including phenoxy) is 1. The largest absolute Gasteiger partial charge is 0.449 e. The molecule has 2 aromatic carbocycles. The van der Waals surface area contributed by atoms with E-state index in [1.807, 2.05) is 36.4 Å². The summed E-state index contributed by atoms with van der Waals surface area (Å²) in [4.78, 5) is 26.3. The van der Waals surface area contributed by atoms with Gasteiger partial charge in [-0.05, 0) is 28.7 Å². The first-order valence-electron chi connectivity index (χ1n) is 10.5. The molecule has 0 spiro atoms. The maximum Gasteiger partial charge on any atom is 0.407 e. The molecule has 9 heteroatoms. The monoisotopic (exact) mass is 449 g/mol. The Kier molecular flexibility index (Phi) is 6.62. The van der Waals surface area contributed by atoms with Crippen LogP contribution in [-0.2, 0) is 4.74 Å². The van der Waals surface area contributed by atoms with Gasteiger partial charge in [-0.15, -0.1) is 0 Å². The van der Waals surface area contributed by atoms with E-state index in [2.05, 4.69) is 22.4 Å². The average Bonchev–Trinajstić information content (AvgIpc) is 3.16. The molecule has 0 aliphatic heterocycles. The minimum atomic E-state index is -1.42. The van der Waals surface area contributed by atoms with Gasteiger partial charge in [0.05, 0.1) is 16.7 Å². The molecule has 1 aliphatic rings. The average molecular weight is 449 g/mol. The number of benzene rings is 2. The molecule has 1 aliphatic carbocycles. The van der Waals surface area contributed by atoms with E-state index in [1.165, 1.54) is 12.3 Å². The summed E-state index contributed by atoms with van der Waals surface area (Å²) in [6.07, 6.45) is -2.12. The number of fused-ring (bicyclic) bond motifs is 3. The maximum atomic E-state index is 12.2. The van der Waals surface area contributed by atoms with Gasteiger partial charge in [-0.25, -0.2) is 4.79 Å². The van der Waals surface area contributed by atoms with E-state index in [0.717, 1.165) is 28.3 Å². The normalized spacial score (nSPS) is 14.1. The Labute approximate surface area is 189 Å². The number of rotatable bonds is 8. The van der Waals surface area contributed by atoms with Crippen LogP contribution in [0.5, 0.6) is 0 Å². The zero-order valence-electron chi connectivity index (χ0n) is 17.6. The molecule has 1 aromatic heterocycles. The predicted octanol–water partition coefficient (Wildman–Crippen LogP) is 3.31. The molecule has 170 valence electrons. The summed E-state index contributed by atoms with van der Waals surface area (Å²) in [6.45, 7) is 0.215. The fourth-order valence-corrected chi connectivity index (χ4v) is 4.04. The van der Waals surface area contributed by atoms with Gasteiger partial charge in [-0.3, -0.25) is 15.1 Å². The number of aromatic nitrogens is 1. The molecule has 1 heterocycles. The molecular formula is C24H23N3O6. The van der Waals surface area contributed by atoms with Gasteiger partial charge in [0.15, 0.2) is 0 Å². The lowest BCUT2D eigenvalue weighted by Crippen LogP contribution is -2.30. The van der Waals surface area contributed by atoms with Crippen LogP contribution in [0.4, 0.5) is 10.5 Å². The third-order valence-electron chi connectivity index (χ3n) is 5.70. The third kappa shape index (κ3) is 4.84. The van der Waals surface area contributed by atoms with Gasteiger partial charge in [0.2, 0.25) is 0 Å². The summed E-state index contributed by atoms with van der Waals surface area (Å²) in [5.41, 5.74) is 4.23. The number of aliphatic hydroxyl groups excluding tert-OH is 2. The lowest BCUT2D eigenvalue weighted by Gasteiger charge is -2.18. The van der Waals surface area contributed by atoms with E-state index in [1.54, 1.807) is 0 Å². The number of pyridine rings is 1. The first-order valence-corrected chi connectivity index (χ1v) is 10.5. The van der Waals surface area contributed by atoms with Crippen LogP contribution in [0.1, 0.15) is 35.3 Å². The molecular weight excluding hydrogens is 426 g/mol. The first kappa shape index (κ1) is 22.4. The quantitative estimate of drug-likeness (QED) is 0.355. The van der Waals surface area contributed by atoms with E-state index in [4.69, 9.17) is 4.74 Å². The van der Waals surface area contributed by atoms with Crippen LogP contribution in [0.2, 0.25) is 0 Å². The molecule has 0 bridgehead atoms. The Morgan fingerprint density at radius 3 is 2.36 bits per heavy atom. The molecule has 0 radical (unpaired) electrons. The van der Waals surface area contributed by atoms with Crippen LogP contribution in [0.15, 0.2) is 66.9 Å². The molecule has 1 amide bonds. The number of nitrogens with zero attached hydrogens (tertiary/aromatic N) is 2. The summed E-state index contributed by atoms with van der Waals surface area (Å²) in [6, 6.07) is 18.3. The minimum absolute atomic E-state index is 0.00966. The van der Waals surface area contributed by atoms with Crippen LogP contribution >= 0.6 is 0 Å². The van der Waals surface area contributed by atoms with Crippen molar-refractivity contribution in [3.05, 3.63) is 93.8 Å². The summed E-state index contributed by atoms with van der Waals surface area (Å²) < 4.78 is 5.43. The van der Waals surface area contributed by atoms with Crippen LogP contribution in [0.25, 0.3) is 11.1 Å². The van der Waals surface area contributed by atoms with Gasteiger partial charge in [-0.1, -0.05) is 48.5 Å². The van der Waals surface area contributed by atoms with E-state index in [-0.39, 0.29) is 36.9 Å². The molecule has 33 heavy (non-hydrogen) atoms. The van der Waals surface area contributed by atoms with Gasteiger partial charge in [0, 0.05) is 30.8 Å². The van der Waals surface area contributed by atoms with E-state index >= 15 is 0 Å². The van der Waals surface area contributed by atoms with Crippen molar-refractivity contribution in [2.75, 3.05) is 13.2 Å². The molecule has 2 atom stereocenters. The summed E-state index contributed by atoms with van der Waals surface area (Å²) in [5.74, 6) is -0.0597. The highest BCUT2D eigenvalue weighted by Gasteiger charge is 2.29. The maximum absolute atomic E-state index is 12.2. The van der Waals surface area contributed by atoms with Crippen molar-refractivity contribution in [3.8, 4) is 11.1 Å². The summed E-state index contributed by atoms with van der Waals surface area (Å²) >= 11 is 0. The fourth-order valence-electron chi connectivity index (χ4n) is 4.04. The Balaban J connectivity index is 1.28. The second-order valence-corrected chi connectivity index (χ2v) is 7.75. The Hall–Kier alpha value is -3.82. The Morgan fingerprint density at radius 1 is 1.09 bits per heavy atom. The minimum Gasteiger partial charge on any atom is -0.449 e. The highest BCUT2D eigenvalue weighted by molar-refractivity contribution is 5.79. The number of aliphatic hydroxyl groups is 2. The van der Waals surface area contributed by atoms with Crippen molar-refractivity contribution in [3.63, 3.8) is 0 Å². The number of hydrogen-bond acceptors (Lipinski definition) is 7. The number of amides is 1. The first-order chi connectivity index (χ1) is 16.0. The summed E-state index contributed by atoms with van der Waals surface area (Å²) in [7, 11) is 0. The topological polar surface area (TPSA) is 135 Å². The van der Waals surface area contributed by atoms with Gasteiger partial charge in [-0.2, -0.15) is 0 Å².